The number of hydrogen-bond donors (Lipinski definition) is 2. The molecular weight excluding hydrogens is 246 g/mol. The number of anilines is 1. The predicted octanol–water partition coefficient (Wildman–Crippen LogP) is 1.90. The van der Waals surface area contributed by atoms with E-state index in [1.807, 2.05) is 0 Å². The normalized spacial score (nSPS) is 9.94. The summed E-state index contributed by atoms with van der Waals surface area (Å²) in [5, 5.41) is 10.8. The predicted molar refractivity (Wildman–Crippen MR) is 60.3 cm³/mol. The molecule has 0 aromatic heterocycles. The van der Waals surface area contributed by atoms with Gasteiger partial charge in [-0.1, -0.05) is 0 Å². The number of carboxylic acids is 1. The van der Waals surface area contributed by atoms with E-state index >= 15 is 0 Å². The van der Waals surface area contributed by atoms with Crippen LogP contribution in [0.2, 0.25) is 0 Å². The van der Waals surface area contributed by atoms with Gasteiger partial charge in [-0.25, -0.2) is 13.6 Å². The highest BCUT2D eigenvalue weighted by atomic mass is 19.1. The molecule has 0 heterocycles. The van der Waals surface area contributed by atoms with Gasteiger partial charge in [0.15, 0.2) is 0 Å². The number of carbonyl (C=O) groups is 2. The van der Waals surface area contributed by atoms with Crippen LogP contribution in [0, 0.1) is 11.6 Å². The Kier molecular flexibility index (Phi) is 4.59. The molecule has 98 valence electrons. The highest BCUT2D eigenvalue weighted by molar-refractivity contribution is 5.91. The minimum Gasteiger partial charge on any atom is -0.480 e. The zero-order valence-electron chi connectivity index (χ0n) is 9.61. The molecule has 0 radical (unpaired) electrons. The van der Waals surface area contributed by atoms with Gasteiger partial charge < -0.3 is 15.3 Å². The quantitative estimate of drug-likeness (QED) is 0.866. The molecule has 18 heavy (non-hydrogen) atoms. The first-order valence-corrected chi connectivity index (χ1v) is 5.16. The van der Waals surface area contributed by atoms with Crippen molar-refractivity contribution < 1.29 is 23.5 Å². The van der Waals surface area contributed by atoms with Crippen LogP contribution in [0.1, 0.15) is 6.92 Å². The Labute approximate surface area is 102 Å². The largest absolute Gasteiger partial charge is 0.480 e. The van der Waals surface area contributed by atoms with E-state index in [9.17, 15) is 18.4 Å². The van der Waals surface area contributed by atoms with Gasteiger partial charge in [0.2, 0.25) is 0 Å². The summed E-state index contributed by atoms with van der Waals surface area (Å²) in [6, 6.07) is 1.93. The number of aliphatic carboxylic acids is 1. The van der Waals surface area contributed by atoms with Gasteiger partial charge in [0.05, 0.1) is 5.69 Å². The van der Waals surface area contributed by atoms with Crippen LogP contribution >= 0.6 is 0 Å². The minimum absolute atomic E-state index is 0.154. The maximum Gasteiger partial charge on any atom is 0.323 e. The lowest BCUT2D eigenvalue weighted by molar-refractivity contribution is -0.137. The number of benzene rings is 1. The number of nitrogens with zero attached hydrogens (tertiary/aromatic N) is 1. The fourth-order valence-electron chi connectivity index (χ4n) is 1.28. The van der Waals surface area contributed by atoms with Gasteiger partial charge >= 0.3 is 12.0 Å². The first kappa shape index (κ1) is 13.9. The van der Waals surface area contributed by atoms with Crippen molar-refractivity contribution in [3.8, 4) is 0 Å². The third-order valence-electron chi connectivity index (χ3n) is 2.17. The number of rotatable bonds is 4. The highest BCUT2D eigenvalue weighted by Gasteiger charge is 2.16. The fraction of sp³-hybridized carbons (Fsp3) is 0.273. The lowest BCUT2D eigenvalue weighted by Gasteiger charge is -2.19. The Morgan fingerprint density at radius 2 is 2.06 bits per heavy atom. The number of carboxylic acid groups (broad SMARTS) is 1. The number of nitrogens with one attached hydrogen (secondary N) is 1. The average Bonchev–Trinajstić information content (AvgIpc) is 2.29. The molecule has 0 spiro atoms. The average molecular weight is 258 g/mol. The van der Waals surface area contributed by atoms with Crippen molar-refractivity contribution in [2.45, 2.75) is 6.92 Å². The summed E-state index contributed by atoms with van der Waals surface area (Å²) >= 11 is 0. The molecule has 1 aromatic rings. The monoisotopic (exact) mass is 258 g/mol. The lowest BCUT2D eigenvalue weighted by Crippen LogP contribution is -2.38. The van der Waals surface area contributed by atoms with Crippen LogP contribution < -0.4 is 5.32 Å². The summed E-state index contributed by atoms with van der Waals surface area (Å²) < 4.78 is 25.9. The van der Waals surface area contributed by atoms with Crippen molar-refractivity contribution in [2.24, 2.45) is 0 Å². The van der Waals surface area contributed by atoms with E-state index in [1.54, 1.807) is 6.92 Å². The van der Waals surface area contributed by atoms with Gasteiger partial charge in [-0.3, -0.25) is 4.79 Å². The summed E-state index contributed by atoms with van der Waals surface area (Å²) in [5.41, 5.74) is -0.203. The Balaban J connectivity index is 2.76. The van der Waals surface area contributed by atoms with Crippen LogP contribution in [-0.4, -0.2) is 35.1 Å². The number of halogens is 2. The number of amides is 2. The van der Waals surface area contributed by atoms with Gasteiger partial charge in [-0.15, -0.1) is 0 Å². The summed E-state index contributed by atoms with van der Waals surface area (Å²) in [5.74, 6) is -2.86. The van der Waals surface area contributed by atoms with E-state index in [0.717, 1.165) is 17.0 Å². The molecule has 0 unspecified atom stereocenters. The molecule has 0 aliphatic carbocycles. The van der Waals surface area contributed by atoms with Gasteiger partial charge in [0.25, 0.3) is 0 Å². The Morgan fingerprint density at radius 3 is 2.56 bits per heavy atom. The second kappa shape index (κ2) is 5.95. The summed E-state index contributed by atoms with van der Waals surface area (Å²) in [4.78, 5) is 23.1. The van der Waals surface area contributed by atoms with E-state index in [4.69, 9.17) is 5.11 Å². The number of urea groups is 1. The van der Waals surface area contributed by atoms with Gasteiger partial charge in [0, 0.05) is 12.6 Å². The van der Waals surface area contributed by atoms with Crippen molar-refractivity contribution in [2.75, 3.05) is 18.4 Å². The van der Waals surface area contributed by atoms with Crippen molar-refractivity contribution in [1.29, 1.82) is 0 Å². The van der Waals surface area contributed by atoms with E-state index in [0.29, 0.717) is 6.07 Å². The number of carbonyl (C=O) groups excluding carboxylic acids is 1. The van der Waals surface area contributed by atoms with Crippen LogP contribution in [0.25, 0.3) is 0 Å². The van der Waals surface area contributed by atoms with Crippen molar-refractivity contribution in [1.82, 2.24) is 4.90 Å². The summed E-state index contributed by atoms with van der Waals surface area (Å²) in [6.07, 6.45) is 0. The third-order valence-corrected chi connectivity index (χ3v) is 2.17. The van der Waals surface area contributed by atoms with Crippen LogP contribution in [0.4, 0.5) is 19.3 Å². The molecule has 0 aliphatic rings. The highest BCUT2D eigenvalue weighted by Crippen LogP contribution is 2.15. The van der Waals surface area contributed by atoms with Crippen LogP contribution in [0.15, 0.2) is 18.2 Å². The molecule has 0 bridgehead atoms. The number of hydrogen-bond acceptors (Lipinski definition) is 2. The minimum atomic E-state index is -1.17. The molecule has 0 fully saturated rings. The second-order valence-corrected chi connectivity index (χ2v) is 3.46. The van der Waals surface area contributed by atoms with Crippen LogP contribution in [0.5, 0.6) is 0 Å². The van der Waals surface area contributed by atoms with Crippen LogP contribution in [-0.2, 0) is 4.79 Å². The Bertz CT molecular complexity index is 466. The fourth-order valence-corrected chi connectivity index (χ4v) is 1.28. The molecule has 7 heteroatoms. The smallest absolute Gasteiger partial charge is 0.323 e. The molecule has 1 rings (SSSR count). The molecule has 1 aromatic carbocycles. The van der Waals surface area contributed by atoms with Crippen LogP contribution in [0.3, 0.4) is 0 Å². The molecule has 2 N–H and O–H groups in total. The molecule has 2 amide bonds. The van der Waals surface area contributed by atoms with Gasteiger partial charge in [-0.2, -0.15) is 0 Å². The number of likely N-dealkylation sites (N-methyl/N-ethyl adjacent to an activating group) is 1. The second-order valence-electron chi connectivity index (χ2n) is 3.46. The maximum absolute atomic E-state index is 13.3. The Morgan fingerprint density at radius 1 is 1.39 bits per heavy atom. The molecular formula is C11H12F2N2O3. The maximum atomic E-state index is 13.3. The standard InChI is InChI=1S/C11H12F2N2O3/c1-2-15(6-10(16)17)11(18)14-9-4-3-7(12)5-8(9)13/h3-5H,2,6H2,1H3,(H,14,18)(H,16,17). The molecule has 0 aliphatic heterocycles. The first-order valence-electron chi connectivity index (χ1n) is 5.16. The molecule has 5 nitrogen and oxygen atoms in total. The zero-order chi connectivity index (χ0) is 13.7. The molecule has 0 atom stereocenters. The van der Waals surface area contributed by atoms with E-state index in [1.165, 1.54) is 0 Å². The van der Waals surface area contributed by atoms with Crippen molar-refractivity contribution in [3.63, 3.8) is 0 Å². The van der Waals surface area contributed by atoms with Crippen molar-refractivity contribution >= 4 is 17.7 Å². The third kappa shape index (κ3) is 3.69. The lowest BCUT2D eigenvalue weighted by atomic mass is 10.3. The van der Waals surface area contributed by atoms with E-state index in [-0.39, 0.29) is 12.2 Å². The van der Waals surface area contributed by atoms with E-state index in [2.05, 4.69) is 5.32 Å². The summed E-state index contributed by atoms with van der Waals surface area (Å²) in [7, 11) is 0. The van der Waals surface area contributed by atoms with Crippen molar-refractivity contribution in [3.05, 3.63) is 29.8 Å². The van der Waals surface area contributed by atoms with Gasteiger partial charge in [-0.05, 0) is 19.1 Å². The zero-order valence-corrected chi connectivity index (χ0v) is 9.61. The van der Waals surface area contributed by atoms with E-state index < -0.39 is 30.2 Å². The SMILES string of the molecule is CCN(CC(=O)O)C(=O)Nc1ccc(F)cc1F. The first-order chi connectivity index (χ1) is 8.43. The molecule has 0 saturated heterocycles. The Hall–Kier alpha value is -2.18. The topological polar surface area (TPSA) is 69.6 Å². The molecule has 0 saturated carbocycles. The van der Waals surface area contributed by atoms with Gasteiger partial charge in [0.1, 0.15) is 18.2 Å². The summed E-state index contributed by atoms with van der Waals surface area (Å²) in [6.45, 7) is 1.25.